The molecule has 0 saturated carbocycles. The number of pyridine rings is 2. The minimum absolute atomic E-state index is 0.0173. The molecule has 32 heavy (non-hydrogen) atoms. The molecule has 0 fully saturated rings. The van der Waals surface area contributed by atoms with Crippen molar-refractivity contribution < 1.29 is 17.9 Å². The number of nitrogens with zero attached hydrogens (tertiary/aromatic N) is 2. The average molecular weight is 474 g/mol. The number of nitrogens with one attached hydrogen (secondary N) is 1. The van der Waals surface area contributed by atoms with Gasteiger partial charge in [-0.3, -0.25) is 9.52 Å². The first-order chi connectivity index (χ1) is 15.0. The van der Waals surface area contributed by atoms with Gasteiger partial charge >= 0.3 is 0 Å². The predicted molar refractivity (Wildman–Crippen MR) is 124 cm³/mol. The largest absolute Gasteiger partial charge is 0.478 e. The summed E-state index contributed by atoms with van der Waals surface area (Å²) < 4.78 is 33.7. The van der Waals surface area contributed by atoms with Gasteiger partial charge in [-0.05, 0) is 42.2 Å². The molecule has 0 amide bonds. The Morgan fingerprint density at radius 3 is 2.31 bits per heavy atom. The Kier molecular flexibility index (Phi) is 6.85. The number of hydrogen-bond donors (Lipinski definition) is 1. The number of carbonyl (C=O) groups is 1. The summed E-state index contributed by atoms with van der Waals surface area (Å²) in [4.78, 5) is 21.2. The van der Waals surface area contributed by atoms with Gasteiger partial charge < -0.3 is 4.74 Å². The molecule has 0 unspecified atom stereocenters. The van der Waals surface area contributed by atoms with Crippen molar-refractivity contribution in [2.75, 3.05) is 11.3 Å². The van der Waals surface area contributed by atoms with E-state index in [9.17, 15) is 13.2 Å². The van der Waals surface area contributed by atoms with Crippen molar-refractivity contribution in [3.63, 3.8) is 0 Å². The van der Waals surface area contributed by atoms with Gasteiger partial charge in [0, 0.05) is 24.0 Å². The maximum absolute atomic E-state index is 13.0. The lowest BCUT2D eigenvalue weighted by molar-refractivity contribution is 0.103. The number of benzene rings is 1. The van der Waals surface area contributed by atoms with Gasteiger partial charge in [-0.1, -0.05) is 44.5 Å². The summed E-state index contributed by atoms with van der Waals surface area (Å²) >= 11 is 6.03. The summed E-state index contributed by atoms with van der Waals surface area (Å²) in [5.41, 5.74) is 1.02. The van der Waals surface area contributed by atoms with Gasteiger partial charge in [0.05, 0.1) is 22.2 Å². The van der Waals surface area contributed by atoms with Crippen LogP contribution in [0.1, 0.15) is 49.3 Å². The molecule has 0 aliphatic carbocycles. The second-order valence-corrected chi connectivity index (χ2v) is 10.2. The highest BCUT2D eigenvalue weighted by Gasteiger charge is 2.22. The van der Waals surface area contributed by atoms with Gasteiger partial charge in [-0.15, -0.1) is 0 Å². The van der Waals surface area contributed by atoms with E-state index in [4.69, 9.17) is 16.3 Å². The Hall–Kier alpha value is -2.97. The Balaban J connectivity index is 1.93. The Labute approximate surface area is 192 Å². The molecular weight excluding hydrogens is 450 g/mol. The Morgan fingerprint density at radius 2 is 1.75 bits per heavy atom. The molecule has 3 rings (SSSR count). The van der Waals surface area contributed by atoms with Crippen LogP contribution in [0.4, 0.5) is 5.69 Å². The molecule has 9 heteroatoms. The molecule has 0 spiro atoms. The smallest absolute Gasteiger partial charge is 0.261 e. The maximum atomic E-state index is 13.0. The number of ether oxygens (including phenoxy) is 1. The zero-order valence-corrected chi connectivity index (χ0v) is 19.8. The predicted octanol–water partition coefficient (Wildman–Crippen LogP) is 4.86. The van der Waals surface area contributed by atoms with Gasteiger partial charge in [0.25, 0.3) is 10.0 Å². The fourth-order valence-corrected chi connectivity index (χ4v) is 4.14. The number of anilines is 1. The third kappa shape index (κ3) is 5.44. The zero-order chi connectivity index (χ0) is 23.5. The Morgan fingerprint density at radius 1 is 1.06 bits per heavy atom. The van der Waals surface area contributed by atoms with Crippen LogP contribution in [-0.2, 0) is 15.4 Å². The summed E-state index contributed by atoms with van der Waals surface area (Å²) in [5, 5.41) is 0.187. The molecule has 0 aliphatic heterocycles. The van der Waals surface area contributed by atoms with Gasteiger partial charge in [0.2, 0.25) is 11.7 Å². The quantitative estimate of drug-likeness (QED) is 0.492. The van der Waals surface area contributed by atoms with E-state index in [0.29, 0.717) is 12.5 Å². The number of aromatic nitrogens is 2. The lowest BCUT2D eigenvalue weighted by Gasteiger charge is -2.19. The van der Waals surface area contributed by atoms with Gasteiger partial charge in [0.15, 0.2) is 0 Å². The van der Waals surface area contributed by atoms with E-state index in [1.54, 1.807) is 24.3 Å². The minimum atomic E-state index is -3.98. The first-order valence-electron chi connectivity index (χ1n) is 9.93. The molecule has 0 atom stereocenters. The van der Waals surface area contributed by atoms with E-state index in [0.717, 1.165) is 5.56 Å². The SMILES string of the molecule is CCOc1ccc(C(=O)c2ncc(Cl)cc2NS(=O)(=O)c2ccc(C(C)(C)C)cc2)cn1. The van der Waals surface area contributed by atoms with E-state index in [1.807, 2.05) is 27.7 Å². The molecule has 0 bridgehead atoms. The third-order valence-electron chi connectivity index (χ3n) is 4.64. The fourth-order valence-electron chi connectivity index (χ4n) is 2.92. The number of rotatable bonds is 7. The highest BCUT2D eigenvalue weighted by atomic mass is 35.5. The van der Waals surface area contributed by atoms with Crippen LogP contribution >= 0.6 is 11.6 Å². The second-order valence-electron chi connectivity index (χ2n) is 8.08. The second kappa shape index (κ2) is 9.26. The van der Waals surface area contributed by atoms with Crippen LogP contribution in [0.3, 0.4) is 0 Å². The van der Waals surface area contributed by atoms with Crippen LogP contribution in [0, 0.1) is 0 Å². The van der Waals surface area contributed by atoms with Crippen molar-refractivity contribution >= 4 is 33.1 Å². The normalized spacial score (nSPS) is 11.8. The molecule has 0 radical (unpaired) electrons. The molecule has 168 valence electrons. The third-order valence-corrected chi connectivity index (χ3v) is 6.22. The Bertz CT molecular complexity index is 1220. The molecule has 0 saturated heterocycles. The highest BCUT2D eigenvalue weighted by molar-refractivity contribution is 7.92. The molecule has 0 aliphatic rings. The van der Waals surface area contributed by atoms with Crippen LogP contribution in [0.15, 0.2) is 59.8 Å². The van der Waals surface area contributed by atoms with Crippen molar-refractivity contribution in [3.05, 3.63) is 76.7 Å². The molecule has 2 aromatic heterocycles. The van der Waals surface area contributed by atoms with Gasteiger partial charge in [0.1, 0.15) is 5.69 Å². The van der Waals surface area contributed by atoms with Gasteiger partial charge in [-0.2, -0.15) is 0 Å². The number of hydrogen-bond acceptors (Lipinski definition) is 6. The number of ketones is 1. The lowest BCUT2D eigenvalue weighted by Crippen LogP contribution is -2.18. The maximum Gasteiger partial charge on any atom is 0.261 e. The lowest BCUT2D eigenvalue weighted by atomic mass is 9.87. The monoisotopic (exact) mass is 473 g/mol. The van der Waals surface area contributed by atoms with Gasteiger partial charge in [-0.25, -0.2) is 18.4 Å². The summed E-state index contributed by atoms with van der Waals surface area (Å²) in [7, 11) is -3.98. The number of sulfonamides is 1. The molecule has 2 heterocycles. The van der Waals surface area contributed by atoms with Crippen LogP contribution in [-0.4, -0.2) is 30.8 Å². The summed E-state index contributed by atoms with van der Waals surface area (Å²) in [6.07, 6.45) is 2.64. The average Bonchev–Trinajstić information content (AvgIpc) is 2.73. The van der Waals surface area contributed by atoms with E-state index >= 15 is 0 Å². The summed E-state index contributed by atoms with van der Waals surface area (Å²) in [6, 6.07) is 11.0. The van der Waals surface area contributed by atoms with E-state index in [2.05, 4.69) is 14.7 Å². The fraction of sp³-hybridized carbons (Fsp3) is 0.261. The summed E-state index contributed by atoms with van der Waals surface area (Å²) in [6.45, 7) is 8.40. The van der Waals surface area contributed by atoms with Crippen molar-refractivity contribution in [1.82, 2.24) is 9.97 Å². The molecular formula is C23H24ClN3O4S. The first-order valence-corrected chi connectivity index (χ1v) is 11.8. The van der Waals surface area contributed by atoms with Crippen LogP contribution < -0.4 is 9.46 Å². The molecule has 1 aromatic carbocycles. The van der Waals surface area contributed by atoms with Crippen LogP contribution in [0.2, 0.25) is 5.02 Å². The van der Waals surface area contributed by atoms with E-state index in [-0.39, 0.29) is 32.3 Å². The zero-order valence-electron chi connectivity index (χ0n) is 18.2. The van der Waals surface area contributed by atoms with Crippen molar-refractivity contribution in [2.45, 2.75) is 38.0 Å². The first kappa shape index (κ1) is 23.7. The topological polar surface area (TPSA) is 98.2 Å². The molecule has 3 aromatic rings. The standard InChI is InChI=1S/C23H24ClN3O4S/c1-5-31-20-11-6-15(13-25-20)22(28)21-19(12-17(24)14-26-21)27-32(29,30)18-9-7-16(8-10-18)23(2,3)4/h6-14,27H,5H2,1-4H3. The molecule has 1 N–H and O–H groups in total. The van der Waals surface area contributed by atoms with E-state index < -0.39 is 15.8 Å². The van der Waals surface area contributed by atoms with Crippen molar-refractivity contribution in [2.24, 2.45) is 0 Å². The van der Waals surface area contributed by atoms with Crippen molar-refractivity contribution in [3.8, 4) is 5.88 Å². The highest BCUT2D eigenvalue weighted by Crippen LogP contribution is 2.27. The molecule has 7 nitrogen and oxygen atoms in total. The van der Waals surface area contributed by atoms with Crippen LogP contribution in [0.5, 0.6) is 5.88 Å². The minimum Gasteiger partial charge on any atom is -0.478 e. The van der Waals surface area contributed by atoms with Crippen molar-refractivity contribution in [1.29, 1.82) is 0 Å². The van der Waals surface area contributed by atoms with Crippen LogP contribution in [0.25, 0.3) is 0 Å². The number of carbonyl (C=O) groups excluding carboxylic acids is 1. The van der Waals surface area contributed by atoms with E-state index in [1.165, 1.54) is 30.6 Å². The number of halogens is 1. The summed E-state index contributed by atoms with van der Waals surface area (Å²) in [5.74, 6) is -0.120.